The zero-order valence-electron chi connectivity index (χ0n) is 14.3. The van der Waals surface area contributed by atoms with E-state index in [0.29, 0.717) is 25.9 Å². The van der Waals surface area contributed by atoms with Gasteiger partial charge in [0.15, 0.2) is 0 Å². The molecule has 132 valence electrons. The molecule has 0 bridgehead atoms. The number of amides is 2. The largest absolute Gasteiger partial charge is 0.354 e. The standard InChI is InChI=1S/C18H22N4O2S/c1-2-16(23)22-11-3-4-15(22)17(24)20-10-7-14-12-25-18(21-14)13-5-8-19-9-6-13/h5-6,8-9,12,15H,2-4,7,10-11H2,1H3,(H,20,24)/t15-/m0/s1. The lowest BCUT2D eigenvalue weighted by Gasteiger charge is -2.23. The number of hydrogen-bond acceptors (Lipinski definition) is 5. The third-order valence-electron chi connectivity index (χ3n) is 4.34. The van der Waals surface area contributed by atoms with Crippen LogP contribution in [-0.4, -0.2) is 45.8 Å². The maximum absolute atomic E-state index is 12.4. The summed E-state index contributed by atoms with van der Waals surface area (Å²) in [7, 11) is 0. The summed E-state index contributed by atoms with van der Waals surface area (Å²) in [5, 5.41) is 5.93. The lowest BCUT2D eigenvalue weighted by atomic mass is 10.2. The van der Waals surface area contributed by atoms with E-state index in [-0.39, 0.29) is 17.9 Å². The molecule has 2 aromatic heterocycles. The van der Waals surface area contributed by atoms with Crippen LogP contribution in [0.25, 0.3) is 10.6 Å². The first-order chi connectivity index (χ1) is 12.2. The number of likely N-dealkylation sites (tertiary alicyclic amines) is 1. The van der Waals surface area contributed by atoms with Crippen molar-refractivity contribution >= 4 is 23.2 Å². The van der Waals surface area contributed by atoms with E-state index in [4.69, 9.17) is 0 Å². The highest BCUT2D eigenvalue weighted by Gasteiger charge is 2.32. The molecule has 6 nitrogen and oxygen atoms in total. The monoisotopic (exact) mass is 358 g/mol. The van der Waals surface area contributed by atoms with E-state index in [9.17, 15) is 9.59 Å². The minimum absolute atomic E-state index is 0.0520. The van der Waals surface area contributed by atoms with Gasteiger partial charge in [-0.25, -0.2) is 4.98 Å². The highest BCUT2D eigenvalue weighted by molar-refractivity contribution is 7.13. The van der Waals surface area contributed by atoms with Gasteiger partial charge in [-0.1, -0.05) is 6.92 Å². The number of aromatic nitrogens is 2. The second-order valence-corrected chi connectivity index (χ2v) is 6.88. The Hall–Kier alpha value is -2.28. The quantitative estimate of drug-likeness (QED) is 0.859. The van der Waals surface area contributed by atoms with Crippen LogP contribution in [0.1, 0.15) is 31.9 Å². The molecule has 1 atom stereocenters. The van der Waals surface area contributed by atoms with E-state index in [1.807, 2.05) is 24.4 Å². The predicted octanol–water partition coefficient (Wildman–Crippen LogP) is 2.26. The van der Waals surface area contributed by atoms with Gasteiger partial charge in [0.2, 0.25) is 11.8 Å². The van der Waals surface area contributed by atoms with Crippen molar-refractivity contribution in [2.24, 2.45) is 0 Å². The summed E-state index contributed by atoms with van der Waals surface area (Å²) in [6.07, 6.45) is 6.27. The van der Waals surface area contributed by atoms with Crippen LogP contribution < -0.4 is 5.32 Å². The van der Waals surface area contributed by atoms with Crippen LogP contribution in [0.5, 0.6) is 0 Å². The van der Waals surface area contributed by atoms with Gasteiger partial charge >= 0.3 is 0 Å². The lowest BCUT2D eigenvalue weighted by molar-refractivity contribution is -0.138. The normalized spacial score (nSPS) is 16.8. The minimum Gasteiger partial charge on any atom is -0.354 e. The molecule has 3 heterocycles. The Morgan fingerprint density at radius 2 is 2.16 bits per heavy atom. The Kier molecular flexibility index (Phi) is 5.75. The summed E-state index contributed by atoms with van der Waals surface area (Å²) in [6.45, 7) is 3.05. The van der Waals surface area contributed by atoms with Crippen LogP contribution in [-0.2, 0) is 16.0 Å². The second kappa shape index (κ2) is 8.20. The lowest BCUT2D eigenvalue weighted by Crippen LogP contribution is -2.46. The van der Waals surface area contributed by atoms with Gasteiger partial charge in [-0.2, -0.15) is 0 Å². The Morgan fingerprint density at radius 1 is 1.36 bits per heavy atom. The smallest absolute Gasteiger partial charge is 0.242 e. The van der Waals surface area contributed by atoms with Crippen molar-refractivity contribution in [1.82, 2.24) is 20.2 Å². The summed E-state index contributed by atoms with van der Waals surface area (Å²) in [5.74, 6) is 0.00281. The van der Waals surface area contributed by atoms with Gasteiger partial charge in [0.05, 0.1) is 5.69 Å². The van der Waals surface area contributed by atoms with Gasteiger partial charge in [0, 0.05) is 49.3 Å². The molecular formula is C18H22N4O2S. The average molecular weight is 358 g/mol. The molecule has 1 saturated heterocycles. The van der Waals surface area contributed by atoms with E-state index in [2.05, 4.69) is 15.3 Å². The molecule has 0 saturated carbocycles. The number of rotatable bonds is 6. The number of hydrogen-bond donors (Lipinski definition) is 1. The van der Waals surface area contributed by atoms with Gasteiger partial charge in [-0.15, -0.1) is 11.3 Å². The number of nitrogens with zero attached hydrogens (tertiary/aromatic N) is 3. The fraction of sp³-hybridized carbons (Fsp3) is 0.444. The third kappa shape index (κ3) is 4.22. The second-order valence-electron chi connectivity index (χ2n) is 6.02. The topological polar surface area (TPSA) is 75.2 Å². The SMILES string of the molecule is CCC(=O)N1CCC[C@H]1C(=O)NCCc1csc(-c2ccncc2)n1. The molecule has 25 heavy (non-hydrogen) atoms. The third-order valence-corrected chi connectivity index (χ3v) is 5.28. The first-order valence-electron chi connectivity index (χ1n) is 8.61. The zero-order chi connectivity index (χ0) is 17.6. The van der Waals surface area contributed by atoms with Crippen LogP contribution in [0.2, 0.25) is 0 Å². The molecule has 0 aromatic carbocycles. The number of carbonyl (C=O) groups excluding carboxylic acids is 2. The van der Waals surface area contributed by atoms with E-state index in [0.717, 1.165) is 29.1 Å². The van der Waals surface area contributed by atoms with Crippen LogP contribution in [0.3, 0.4) is 0 Å². The molecule has 0 radical (unpaired) electrons. The molecule has 1 fully saturated rings. The molecule has 3 rings (SSSR count). The molecule has 7 heteroatoms. The highest BCUT2D eigenvalue weighted by atomic mass is 32.1. The van der Waals surface area contributed by atoms with Crippen molar-refractivity contribution in [3.8, 4) is 10.6 Å². The molecule has 0 aliphatic carbocycles. The van der Waals surface area contributed by atoms with Gasteiger partial charge in [-0.05, 0) is 25.0 Å². The molecule has 1 N–H and O–H groups in total. The minimum atomic E-state index is -0.310. The van der Waals surface area contributed by atoms with Crippen molar-refractivity contribution < 1.29 is 9.59 Å². The van der Waals surface area contributed by atoms with Crippen molar-refractivity contribution in [3.05, 3.63) is 35.6 Å². The van der Waals surface area contributed by atoms with Gasteiger partial charge in [0.1, 0.15) is 11.0 Å². The maximum Gasteiger partial charge on any atom is 0.242 e. The Balaban J connectivity index is 1.50. The first-order valence-corrected chi connectivity index (χ1v) is 9.49. The fourth-order valence-corrected chi connectivity index (χ4v) is 3.88. The van der Waals surface area contributed by atoms with Crippen molar-refractivity contribution in [2.75, 3.05) is 13.1 Å². The number of carbonyl (C=O) groups is 2. The summed E-state index contributed by atoms with van der Waals surface area (Å²) in [6, 6.07) is 3.56. The fourth-order valence-electron chi connectivity index (χ4n) is 3.02. The van der Waals surface area contributed by atoms with E-state index < -0.39 is 0 Å². The number of thiazole rings is 1. The van der Waals surface area contributed by atoms with Gasteiger partial charge in [-0.3, -0.25) is 14.6 Å². The zero-order valence-corrected chi connectivity index (χ0v) is 15.1. The summed E-state index contributed by atoms with van der Waals surface area (Å²) in [4.78, 5) is 34.6. The Morgan fingerprint density at radius 3 is 2.92 bits per heavy atom. The van der Waals surface area contributed by atoms with Crippen LogP contribution in [0.15, 0.2) is 29.9 Å². The van der Waals surface area contributed by atoms with E-state index >= 15 is 0 Å². The molecule has 2 aromatic rings. The molecule has 1 aliphatic heterocycles. The van der Waals surface area contributed by atoms with E-state index in [1.165, 1.54) is 0 Å². The first kappa shape index (κ1) is 17.5. The molecule has 0 spiro atoms. The van der Waals surface area contributed by atoms with Gasteiger partial charge in [0.25, 0.3) is 0 Å². The molecule has 2 amide bonds. The number of nitrogens with one attached hydrogen (secondary N) is 1. The summed E-state index contributed by atoms with van der Waals surface area (Å²) >= 11 is 1.59. The predicted molar refractivity (Wildman–Crippen MR) is 97.1 cm³/mol. The average Bonchev–Trinajstić information content (AvgIpc) is 3.31. The summed E-state index contributed by atoms with van der Waals surface area (Å²) < 4.78 is 0. The van der Waals surface area contributed by atoms with Crippen molar-refractivity contribution in [1.29, 1.82) is 0 Å². The van der Waals surface area contributed by atoms with Crippen molar-refractivity contribution in [2.45, 2.75) is 38.6 Å². The molecular weight excluding hydrogens is 336 g/mol. The van der Waals surface area contributed by atoms with Crippen molar-refractivity contribution in [3.63, 3.8) is 0 Å². The highest BCUT2D eigenvalue weighted by Crippen LogP contribution is 2.23. The Labute approximate surface area is 151 Å². The van der Waals surface area contributed by atoms with Gasteiger partial charge < -0.3 is 10.2 Å². The Bertz CT molecular complexity index is 732. The maximum atomic E-state index is 12.4. The van der Waals surface area contributed by atoms with Crippen LogP contribution in [0, 0.1) is 0 Å². The van der Waals surface area contributed by atoms with Crippen LogP contribution >= 0.6 is 11.3 Å². The summed E-state index contributed by atoms with van der Waals surface area (Å²) in [5.41, 5.74) is 2.01. The van der Waals surface area contributed by atoms with E-state index in [1.54, 1.807) is 28.6 Å². The molecule has 1 aliphatic rings. The molecule has 0 unspecified atom stereocenters. The van der Waals surface area contributed by atoms with Crippen LogP contribution in [0.4, 0.5) is 0 Å². The number of pyridine rings is 1.